The van der Waals surface area contributed by atoms with E-state index in [1.165, 1.54) is 5.56 Å². The number of fused-ring (bicyclic) bond motifs is 1. The van der Waals surface area contributed by atoms with Crippen LogP contribution in [-0.2, 0) is 17.6 Å². The van der Waals surface area contributed by atoms with Gasteiger partial charge in [-0.25, -0.2) is 4.68 Å². The van der Waals surface area contributed by atoms with Crippen molar-refractivity contribution in [3.05, 3.63) is 46.8 Å². The molecule has 0 bridgehead atoms. The SMILES string of the molecule is Cc1ccc(-n2nc(C(=O)N3CCC(C(=O)O)CC3)c3c2CCCC3)cc1. The van der Waals surface area contributed by atoms with E-state index in [-0.39, 0.29) is 11.8 Å². The fraction of sp³-hybridized carbons (Fsp3) is 0.476. The summed E-state index contributed by atoms with van der Waals surface area (Å²) in [7, 11) is 0. The first kappa shape index (κ1) is 17.8. The predicted octanol–water partition coefficient (Wildman–Crippen LogP) is 3.00. The van der Waals surface area contributed by atoms with Crippen LogP contribution >= 0.6 is 0 Å². The van der Waals surface area contributed by atoms with Crippen molar-refractivity contribution in [2.45, 2.75) is 45.4 Å². The third-order valence-electron chi connectivity index (χ3n) is 5.79. The number of aliphatic carboxylic acids is 1. The molecule has 0 radical (unpaired) electrons. The van der Waals surface area contributed by atoms with Crippen LogP contribution in [0.15, 0.2) is 24.3 Å². The number of hydrogen-bond acceptors (Lipinski definition) is 3. The predicted molar refractivity (Wildman–Crippen MR) is 101 cm³/mol. The maximum Gasteiger partial charge on any atom is 0.306 e. The summed E-state index contributed by atoms with van der Waals surface area (Å²) in [6.07, 6.45) is 5.04. The van der Waals surface area contributed by atoms with Crippen LogP contribution in [0.4, 0.5) is 0 Å². The molecule has 1 aliphatic carbocycles. The molecule has 2 heterocycles. The van der Waals surface area contributed by atoms with Crippen LogP contribution in [0, 0.1) is 12.8 Å². The van der Waals surface area contributed by atoms with E-state index < -0.39 is 5.97 Å². The topological polar surface area (TPSA) is 75.4 Å². The number of amides is 1. The minimum Gasteiger partial charge on any atom is -0.481 e. The standard InChI is InChI=1S/C21H25N3O3/c1-14-6-8-16(9-7-14)24-18-5-3-2-4-17(18)19(22-24)20(25)23-12-10-15(11-13-23)21(26)27/h6-9,15H,2-5,10-13H2,1H3,(H,26,27). The molecule has 6 nitrogen and oxygen atoms in total. The van der Waals surface area contributed by atoms with Gasteiger partial charge in [-0.2, -0.15) is 5.10 Å². The van der Waals surface area contributed by atoms with Crippen LogP contribution in [-0.4, -0.2) is 44.8 Å². The summed E-state index contributed by atoms with van der Waals surface area (Å²) < 4.78 is 1.94. The van der Waals surface area contributed by atoms with E-state index in [0.717, 1.165) is 42.6 Å². The van der Waals surface area contributed by atoms with Crippen LogP contribution in [0.25, 0.3) is 5.69 Å². The third kappa shape index (κ3) is 3.36. The van der Waals surface area contributed by atoms with Gasteiger partial charge in [-0.1, -0.05) is 17.7 Å². The largest absolute Gasteiger partial charge is 0.481 e. The van der Waals surface area contributed by atoms with Gasteiger partial charge in [0.15, 0.2) is 5.69 Å². The maximum absolute atomic E-state index is 13.1. The molecule has 1 aliphatic heterocycles. The first-order chi connectivity index (χ1) is 13.0. The van der Waals surface area contributed by atoms with Gasteiger partial charge in [0, 0.05) is 24.3 Å². The molecule has 1 saturated heterocycles. The molecule has 2 aromatic rings. The van der Waals surface area contributed by atoms with E-state index in [4.69, 9.17) is 10.2 Å². The van der Waals surface area contributed by atoms with E-state index in [2.05, 4.69) is 19.1 Å². The quantitative estimate of drug-likeness (QED) is 0.905. The van der Waals surface area contributed by atoms with Gasteiger partial charge in [-0.3, -0.25) is 9.59 Å². The Labute approximate surface area is 158 Å². The molecular formula is C21H25N3O3. The van der Waals surface area contributed by atoms with Gasteiger partial charge in [0.2, 0.25) is 0 Å². The Balaban J connectivity index is 1.64. The highest BCUT2D eigenvalue weighted by molar-refractivity contribution is 5.94. The van der Waals surface area contributed by atoms with Crippen molar-refractivity contribution < 1.29 is 14.7 Å². The van der Waals surface area contributed by atoms with E-state index in [1.807, 2.05) is 16.8 Å². The monoisotopic (exact) mass is 367 g/mol. The molecule has 2 aliphatic rings. The molecule has 0 unspecified atom stereocenters. The van der Waals surface area contributed by atoms with E-state index in [1.54, 1.807) is 4.90 Å². The minimum atomic E-state index is -0.761. The normalized spacial score (nSPS) is 17.6. The number of piperidine rings is 1. The van der Waals surface area contributed by atoms with Crippen LogP contribution in [0.1, 0.15) is 53.0 Å². The Morgan fingerprint density at radius 2 is 1.74 bits per heavy atom. The zero-order valence-electron chi connectivity index (χ0n) is 15.6. The maximum atomic E-state index is 13.1. The Morgan fingerprint density at radius 3 is 2.41 bits per heavy atom. The Morgan fingerprint density at radius 1 is 1.07 bits per heavy atom. The number of nitrogens with zero attached hydrogens (tertiary/aromatic N) is 3. The molecule has 1 aromatic heterocycles. The zero-order chi connectivity index (χ0) is 19.0. The first-order valence-electron chi connectivity index (χ1n) is 9.74. The summed E-state index contributed by atoms with van der Waals surface area (Å²) >= 11 is 0. The van der Waals surface area contributed by atoms with Gasteiger partial charge in [-0.15, -0.1) is 0 Å². The molecule has 142 valence electrons. The summed E-state index contributed by atoms with van der Waals surface area (Å²) in [5, 5.41) is 13.9. The Kier molecular flexibility index (Phi) is 4.72. The number of carbonyl (C=O) groups is 2. The molecule has 4 rings (SSSR count). The van der Waals surface area contributed by atoms with Crippen LogP contribution < -0.4 is 0 Å². The Hall–Kier alpha value is -2.63. The van der Waals surface area contributed by atoms with Crippen molar-refractivity contribution in [3.8, 4) is 5.69 Å². The van der Waals surface area contributed by atoms with Crippen molar-refractivity contribution in [2.75, 3.05) is 13.1 Å². The zero-order valence-corrected chi connectivity index (χ0v) is 15.6. The molecule has 1 fully saturated rings. The summed E-state index contributed by atoms with van der Waals surface area (Å²) in [6, 6.07) is 8.21. The highest BCUT2D eigenvalue weighted by Gasteiger charge is 2.32. The van der Waals surface area contributed by atoms with Crippen molar-refractivity contribution in [2.24, 2.45) is 5.92 Å². The molecular weight excluding hydrogens is 342 g/mol. The number of hydrogen-bond donors (Lipinski definition) is 1. The second-order valence-corrected chi connectivity index (χ2v) is 7.63. The molecule has 1 amide bonds. The lowest BCUT2D eigenvalue weighted by atomic mass is 9.94. The number of carboxylic acid groups (broad SMARTS) is 1. The van der Waals surface area contributed by atoms with E-state index in [0.29, 0.717) is 31.6 Å². The number of likely N-dealkylation sites (tertiary alicyclic amines) is 1. The van der Waals surface area contributed by atoms with Crippen LogP contribution in [0.5, 0.6) is 0 Å². The van der Waals surface area contributed by atoms with Crippen molar-refractivity contribution >= 4 is 11.9 Å². The smallest absolute Gasteiger partial charge is 0.306 e. The highest BCUT2D eigenvalue weighted by Crippen LogP contribution is 2.29. The molecule has 6 heteroatoms. The van der Waals surface area contributed by atoms with E-state index in [9.17, 15) is 9.59 Å². The number of aromatic nitrogens is 2. The number of benzene rings is 1. The summed E-state index contributed by atoms with van der Waals surface area (Å²) in [5.41, 5.74) is 4.96. The molecule has 0 atom stereocenters. The van der Waals surface area contributed by atoms with Gasteiger partial charge in [-0.05, 0) is 57.6 Å². The fourth-order valence-corrected chi connectivity index (χ4v) is 4.15. The molecule has 0 saturated carbocycles. The third-order valence-corrected chi connectivity index (χ3v) is 5.79. The van der Waals surface area contributed by atoms with Crippen molar-refractivity contribution in [1.29, 1.82) is 0 Å². The van der Waals surface area contributed by atoms with Crippen molar-refractivity contribution in [3.63, 3.8) is 0 Å². The highest BCUT2D eigenvalue weighted by atomic mass is 16.4. The van der Waals surface area contributed by atoms with Gasteiger partial charge in [0.1, 0.15) is 0 Å². The average molecular weight is 367 g/mol. The van der Waals surface area contributed by atoms with Crippen LogP contribution in [0.2, 0.25) is 0 Å². The molecule has 27 heavy (non-hydrogen) atoms. The summed E-state index contributed by atoms with van der Waals surface area (Å²) in [5.74, 6) is -1.15. The number of carboxylic acids is 1. The second-order valence-electron chi connectivity index (χ2n) is 7.63. The first-order valence-corrected chi connectivity index (χ1v) is 9.74. The number of aryl methyl sites for hydroxylation is 1. The lowest BCUT2D eigenvalue weighted by Gasteiger charge is -2.29. The second kappa shape index (κ2) is 7.18. The van der Waals surface area contributed by atoms with Gasteiger partial charge >= 0.3 is 5.97 Å². The lowest BCUT2D eigenvalue weighted by molar-refractivity contribution is -0.143. The number of rotatable bonds is 3. The fourth-order valence-electron chi connectivity index (χ4n) is 4.15. The van der Waals surface area contributed by atoms with Gasteiger partial charge in [0.25, 0.3) is 5.91 Å². The molecule has 1 aromatic carbocycles. The molecule has 0 spiro atoms. The average Bonchev–Trinajstić information content (AvgIpc) is 3.08. The van der Waals surface area contributed by atoms with Crippen molar-refractivity contribution in [1.82, 2.24) is 14.7 Å². The Bertz CT molecular complexity index is 862. The van der Waals surface area contributed by atoms with Crippen LogP contribution in [0.3, 0.4) is 0 Å². The van der Waals surface area contributed by atoms with Gasteiger partial charge in [0.05, 0.1) is 11.6 Å². The lowest BCUT2D eigenvalue weighted by Crippen LogP contribution is -2.40. The summed E-state index contributed by atoms with van der Waals surface area (Å²) in [4.78, 5) is 26.1. The van der Waals surface area contributed by atoms with Gasteiger partial charge < -0.3 is 10.0 Å². The summed E-state index contributed by atoms with van der Waals surface area (Å²) in [6.45, 7) is 3.03. The minimum absolute atomic E-state index is 0.0529. The number of carbonyl (C=O) groups excluding carboxylic acids is 1. The molecule has 1 N–H and O–H groups in total. The van der Waals surface area contributed by atoms with E-state index >= 15 is 0 Å².